The zero-order chi connectivity index (χ0) is 23.2. The summed E-state index contributed by atoms with van der Waals surface area (Å²) in [6, 6.07) is 13.7. The van der Waals surface area contributed by atoms with E-state index in [4.69, 9.17) is 16.0 Å². The molecule has 0 atom stereocenters. The van der Waals surface area contributed by atoms with Crippen molar-refractivity contribution in [1.82, 2.24) is 14.8 Å². The Labute approximate surface area is 200 Å². The SMILES string of the molecule is CC(C)N(CCCN1CCCCC1)C(=O)c1ccc2oc(NCc3cccc(Cl)c3)nc2c1. The van der Waals surface area contributed by atoms with Crippen molar-refractivity contribution in [3.8, 4) is 0 Å². The number of rotatable bonds is 9. The van der Waals surface area contributed by atoms with Crippen LogP contribution in [0.25, 0.3) is 11.1 Å². The summed E-state index contributed by atoms with van der Waals surface area (Å²) in [7, 11) is 0. The predicted octanol–water partition coefficient (Wildman–Crippen LogP) is 5.82. The van der Waals surface area contributed by atoms with E-state index in [0.717, 1.165) is 25.1 Å². The number of aromatic nitrogens is 1. The second-order valence-corrected chi connectivity index (χ2v) is 9.47. The number of nitrogens with zero attached hydrogens (tertiary/aromatic N) is 3. The molecule has 0 bridgehead atoms. The molecule has 0 aliphatic carbocycles. The third-order valence-electron chi connectivity index (χ3n) is 6.17. The highest BCUT2D eigenvalue weighted by atomic mass is 35.5. The average molecular weight is 469 g/mol. The van der Waals surface area contributed by atoms with Gasteiger partial charge in [-0.1, -0.05) is 30.2 Å². The number of hydrogen-bond acceptors (Lipinski definition) is 5. The lowest BCUT2D eigenvalue weighted by Gasteiger charge is -2.30. The number of fused-ring (bicyclic) bond motifs is 1. The molecule has 7 heteroatoms. The van der Waals surface area contributed by atoms with Crippen molar-refractivity contribution in [1.29, 1.82) is 0 Å². The fourth-order valence-corrected chi connectivity index (χ4v) is 4.58. The van der Waals surface area contributed by atoms with Crippen LogP contribution in [0.3, 0.4) is 0 Å². The Morgan fingerprint density at radius 2 is 2.00 bits per heavy atom. The van der Waals surface area contributed by atoms with Crippen molar-refractivity contribution in [3.63, 3.8) is 0 Å². The number of hydrogen-bond donors (Lipinski definition) is 1. The van der Waals surface area contributed by atoms with Gasteiger partial charge in [0, 0.05) is 29.7 Å². The van der Waals surface area contributed by atoms with Crippen molar-refractivity contribution < 1.29 is 9.21 Å². The van der Waals surface area contributed by atoms with Gasteiger partial charge in [0.05, 0.1) is 0 Å². The monoisotopic (exact) mass is 468 g/mol. The third-order valence-corrected chi connectivity index (χ3v) is 6.41. The first-order valence-corrected chi connectivity index (χ1v) is 12.3. The van der Waals surface area contributed by atoms with E-state index in [1.54, 1.807) is 0 Å². The van der Waals surface area contributed by atoms with Crippen LogP contribution in [0.2, 0.25) is 5.02 Å². The molecule has 0 unspecified atom stereocenters. The zero-order valence-electron chi connectivity index (χ0n) is 19.5. The average Bonchev–Trinajstić information content (AvgIpc) is 3.23. The van der Waals surface area contributed by atoms with Gasteiger partial charge in [-0.3, -0.25) is 4.79 Å². The minimum atomic E-state index is 0.0435. The van der Waals surface area contributed by atoms with E-state index in [2.05, 4.69) is 29.0 Å². The fourth-order valence-electron chi connectivity index (χ4n) is 4.37. The molecule has 4 rings (SSSR count). The Kier molecular flexibility index (Phi) is 7.89. The van der Waals surface area contributed by atoms with Gasteiger partial charge in [-0.25, -0.2) is 0 Å². The highest BCUT2D eigenvalue weighted by Crippen LogP contribution is 2.22. The molecule has 0 spiro atoms. The van der Waals surface area contributed by atoms with Crippen LogP contribution in [0.4, 0.5) is 6.01 Å². The van der Waals surface area contributed by atoms with E-state index in [9.17, 15) is 4.79 Å². The number of amides is 1. The maximum Gasteiger partial charge on any atom is 0.295 e. The van der Waals surface area contributed by atoms with Crippen molar-refractivity contribution in [3.05, 3.63) is 58.6 Å². The number of carbonyl (C=O) groups is 1. The number of carbonyl (C=O) groups excluding carboxylic acids is 1. The van der Waals surface area contributed by atoms with Crippen molar-refractivity contribution in [2.75, 3.05) is 31.5 Å². The van der Waals surface area contributed by atoms with Gasteiger partial charge in [0.25, 0.3) is 11.9 Å². The quantitative estimate of drug-likeness (QED) is 0.428. The zero-order valence-corrected chi connectivity index (χ0v) is 20.3. The molecule has 1 fully saturated rings. The van der Waals surface area contributed by atoms with Gasteiger partial charge in [0.1, 0.15) is 5.52 Å². The molecule has 1 N–H and O–H groups in total. The molecule has 2 heterocycles. The number of oxazole rings is 1. The van der Waals surface area contributed by atoms with Crippen LogP contribution < -0.4 is 5.32 Å². The van der Waals surface area contributed by atoms with E-state index >= 15 is 0 Å². The largest absolute Gasteiger partial charge is 0.424 e. The van der Waals surface area contributed by atoms with Gasteiger partial charge in [0.15, 0.2) is 5.58 Å². The second kappa shape index (κ2) is 11.0. The number of likely N-dealkylation sites (tertiary alicyclic amines) is 1. The van der Waals surface area contributed by atoms with Crippen LogP contribution in [0.1, 0.15) is 55.5 Å². The van der Waals surface area contributed by atoms with Gasteiger partial charge < -0.3 is 19.5 Å². The second-order valence-electron chi connectivity index (χ2n) is 9.03. The summed E-state index contributed by atoms with van der Waals surface area (Å²) in [6.45, 7) is 8.89. The topological polar surface area (TPSA) is 61.6 Å². The smallest absolute Gasteiger partial charge is 0.295 e. The predicted molar refractivity (Wildman–Crippen MR) is 134 cm³/mol. The minimum Gasteiger partial charge on any atom is -0.424 e. The highest BCUT2D eigenvalue weighted by Gasteiger charge is 2.20. The molecule has 1 amide bonds. The molecule has 2 aromatic carbocycles. The molecule has 1 aliphatic heterocycles. The molecule has 1 saturated heterocycles. The molecule has 0 radical (unpaired) electrons. The fraction of sp³-hybridized carbons (Fsp3) is 0.462. The highest BCUT2D eigenvalue weighted by molar-refractivity contribution is 6.30. The molecule has 0 saturated carbocycles. The Bertz CT molecular complexity index is 1080. The van der Waals surface area contributed by atoms with E-state index in [1.165, 1.54) is 32.4 Å². The molecule has 33 heavy (non-hydrogen) atoms. The van der Waals surface area contributed by atoms with Gasteiger partial charge in [-0.05, 0) is 88.6 Å². The maximum atomic E-state index is 13.3. The maximum absolute atomic E-state index is 13.3. The van der Waals surface area contributed by atoms with Crippen molar-refractivity contribution in [2.45, 2.75) is 52.1 Å². The third kappa shape index (κ3) is 6.27. The summed E-state index contributed by atoms with van der Waals surface area (Å²) >= 11 is 6.05. The summed E-state index contributed by atoms with van der Waals surface area (Å²) in [5.74, 6) is 0.0435. The molecule has 1 aromatic heterocycles. The van der Waals surface area contributed by atoms with Crippen LogP contribution in [0, 0.1) is 0 Å². The summed E-state index contributed by atoms with van der Waals surface area (Å²) in [6.07, 6.45) is 4.92. The van der Waals surface area contributed by atoms with Crippen LogP contribution in [-0.2, 0) is 6.54 Å². The summed E-state index contributed by atoms with van der Waals surface area (Å²) in [4.78, 5) is 22.3. The van der Waals surface area contributed by atoms with E-state index in [1.807, 2.05) is 47.4 Å². The number of benzene rings is 2. The number of halogens is 1. The van der Waals surface area contributed by atoms with Gasteiger partial charge in [0.2, 0.25) is 0 Å². The van der Waals surface area contributed by atoms with E-state index in [-0.39, 0.29) is 11.9 Å². The first-order chi connectivity index (χ1) is 16.0. The number of nitrogens with one attached hydrogen (secondary N) is 1. The Hall–Kier alpha value is -2.57. The van der Waals surface area contributed by atoms with Crippen molar-refractivity contribution in [2.24, 2.45) is 0 Å². The normalized spacial score (nSPS) is 14.7. The number of anilines is 1. The van der Waals surface area contributed by atoms with E-state index in [0.29, 0.717) is 34.2 Å². The minimum absolute atomic E-state index is 0.0435. The van der Waals surface area contributed by atoms with Crippen LogP contribution in [0.5, 0.6) is 0 Å². The van der Waals surface area contributed by atoms with Crippen LogP contribution >= 0.6 is 11.6 Å². The molecule has 176 valence electrons. The lowest BCUT2D eigenvalue weighted by atomic mass is 10.1. The van der Waals surface area contributed by atoms with Crippen molar-refractivity contribution >= 4 is 34.6 Å². The Morgan fingerprint density at radius 3 is 2.76 bits per heavy atom. The summed E-state index contributed by atoms with van der Waals surface area (Å²) in [5, 5.41) is 3.88. The Balaban J connectivity index is 1.39. The molecule has 6 nitrogen and oxygen atoms in total. The molecular formula is C26H33ClN4O2. The lowest BCUT2D eigenvalue weighted by molar-refractivity contribution is 0.0694. The first-order valence-electron chi connectivity index (χ1n) is 11.9. The van der Waals surface area contributed by atoms with Gasteiger partial charge in [-0.15, -0.1) is 0 Å². The molecule has 3 aromatic rings. The Morgan fingerprint density at radius 1 is 1.18 bits per heavy atom. The lowest BCUT2D eigenvalue weighted by Crippen LogP contribution is -2.39. The first kappa shape index (κ1) is 23.6. The van der Waals surface area contributed by atoms with Crippen LogP contribution in [0.15, 0.2) is 46.9 Å². The summed E-state index contributed by atoms with van der Waals surface area (Å²) in [5.41, 5.74) is 3.01. The van der Waals surface area contributed by atoms with Gasteiger partial charge >= 0.3 is 0 Å². The number of piperidine rings is 1. The standard InChI is InChI=1S/C26H33ClN4O2/c1-19(2)31(15-7-14-30-12-4-3-5-13-30)25(32)21-10-11-24-23(17-21)29-26(33-24)28-18-20-8-6-9-22(27)16-20/h6,8-11,16-17,19H,3-5,7,12-15,18H2,1-2H3,(H,28,29). The van der Waals surface area contributed by atoms with Crippen LogP contribution in [-0.4, -0.2) is 52.9 Å². The molecular weight excluding hydrogens is 436 g/mol. The molecule has 1 aliphatic rings. The summed E-state index contributed by atoms with van der Waals surface area (Å²) < 4.78 is 5.81. The van der Waals surface area contributed by atoms with Gasteiger partial charge in [-0.2, -0.15) is 4.98 Å². The van der Waals surface area contributed by atoms with E-state index < -0.39 is 0 Å².